The van der Waals surface area contributed by atoms with Crippen molar-refractivity contribution in [1.82, 2.24) is 4.90 Å². The van der Waals surface area contributed by atoms with E-state index in [-0.39, 0.29) is 48.6 Å². The molecule has 6 heteroatoms. The molecule has 0 aromatic heterocycles. The van der Waals surface area contributed by atoms with E-state index in [1.165, 1.54) is 63.2 Å². The van der Waals surface area contributed by atoms with Crippen LogP contribution in [0.1, 0.15) is 104 Å². The molecular formula is C23H42NNaO4. The standard InChI is InChI=1S/C23H43NO4.Na/c1-3-4-5-6-7-8-9-10-11-12-13-14-15-16-17-18-22(26)24(19-20-25)21(2)23(27)28;/h10-11,21,25H,3-9,12-20H2,1-2H3,(H,27,28);/q;+1/p-1/b11-10-;/t21-;/m0./s1. The summed E-state index contributed by atoms with van der Waals surface area (Å²) in [6.45, 7) is 3.47. The Morgan fingerprint density at radius 2 is 1.38 bits per heavy atom. The van der Waals surface area contributed by atoms with Gasteiger partial charge in [-0.15, -0.1) is 0 Å². The van der Waals surface area contributed by atoms with Gasteiger partial charge in [0.1, 0.15) is 0 Å². The maximum atomic E-state index is 12.1. The van der Waals surface area contributed by atoms with Crippen LogP contribution in [0.2, 0.25) is 0 Å². The minimum atomic E-state index is -1.29. The summed E-state index contributed by atoms with van der Waals surface area (Å²) in [6, 6.07) is -0.997. The van der Waals surface area contributed by atoms with Crippen LogP contribution in [0.15, 0.2) is 12.2 Å². The smallest absolute Gasteiger partial charge is 0.548 e. The fourth-order valence-electron chi connectivity index (χ4n) is 3.26. The molecule has 0 aliphatic carbocycles. The second kappa shape index (κ2) is 22.3. The van der Waals surface area contributed by atoms with Gasteiger partial charge in [-0.2, -0.15) is 0 Å². The van der Waals surface area contributed by atoms with Crippen LogP contribution in [-0.4, -0.2) is 41.1 Å². The molecule has 0 fully saturated rings. The number of amides is 1. The second-order valence-corrected chi connectivity index (χ2v) is 7.64. The van der Waals surface area contributed by atoms with Gasteiger partial charge in [0.05, 0.1) is 18.6 Å². The number of carboxylic acid groups (broad SMARTS) is 1. The molecule has 0 spiro atoms. The Balaban J connectivity index is 0. The fourth-order valence-corrected chi connectivity index (χ4v) is 3.26. The number of aliphatic carboxylic acids is 1. The number of allylic oxidation sites excluding steroid dienone is 2. The molecule has 0 aliphatic rings. The zero-order chi connectivity index (χ0) is 21.0. The normalized spacial score (nSPS) is 12.0. The van der Waals surface area contributed by atoms with Crippen molar-refractivity contribution < 1.29 is 49.4 Å². The number of hydrogen-bond acceptors (Lipinski definition) is 4. The van der Waals surface area contributed by atoms with E-state index in [2.05, 4.69) is 19.1 Å². The first-order valence-electron chi connectivity index (χ1n) is 11.3. The third-order valence-electron chi connectivity index (χ3n) is 5.12. The van der Waals surface area contributed by atoms with Crippen LogP contribution >= 0.6 is 0 Å². The SMILES string of the molecule is CCCCCCCC/C=C\CCCCCCCC(=O)N(CCO)[C@@H](C)C(=O)[O-].[Na+]. The van der Waals surface area contributed by atoms with Crippen molar-refractivity contribution in [1.29, 1.82) is 0 Å². The summed E-state index contributed by atoms with van der Waals surface area (Å²) < 4.78 is 0. The Hall–Kier alpha value is -0.360. The molecule has 0 saturated carbocycles. The predicted octanol–water partition coefficient (Wildman–Crippen LogP) is 0.987. The van der Waals surface area contributed by atoms with Gasteiger partial charge in [-0.05, 0) is 39.0 Å². The second-order valence-electron chi connectivity index (χ2n) is 7.64. The molecule has 0 aliphatic heterocycles. The van der Waals surface area contributed by atoms with Gasteiger partial charge < -0.3 is 19.9 Å². The van der Waals surface area contributed by atoms with E-state index in [4.69, 9.17) is 5.11 Å². The molecule has 164 valence electrons. The van der Waals surface area contributed by atoms with E-state index < -0.39 is 12.0 Å². The first-order valence-corrected chi connectivity index (χ1v) is 11.3. The summed E-state index contributed by atoms with van der Waals surface area (Å²) in [5.74, 6) is -1.50. The van der Waals surface area contributed by atoms with Gasteiger partial charge in [0, 0.05) is 13.0 Å². The molecule has 1 amide bonds. The van der Waals surface area contributed by atoms with E-state index in [9.17, 15) is 14.7 Å². The van der Waals surface area contributed by atoms with Crippen molar-refractivity contribution in [3.05, 3.63) is 12.2 Å². The van der Waals surface area contributed by atoms with Crippen LogP contribution in [0.25, 0.3) is 0 Å². The Kier molecular flexibility index (Phi) is 23.7. The van der Waals surface area contributed by atoms with E-state index in [1.807, 2.05) is 0 Å². The van der Waals surface area contributed by atoms with E-state index in [0.29, 0.717) is 6.42 Å². The Morgan fingerprint density at radius 3 is 1.86 bits per heavy atom. The zero-order valence-electron chi connectivity index (χ0n) is 19.2. The number of nitrogens with zero attached hydrogens (tertiary/aromatic N) is 1. The van der Waals surface area contributed by atoms with E-state index in [0.717, 1.165) is 32.1 Å². The van der Waals surface area contributed by atoms with Crippen LogP contribution in [0.3, 0.4) is 0 Å². The quantitative estimate of drug-likeness (QED) is 0.192. The zero-order valence-corrected chi connectivity index (χ0v) is 21.2. The Morgan fingerprint density at radius 1 is 0.897 bits per heavy atom. The van der Waals surface area contributed by atoms with Crippen LogP contribution in [-0.2, 0) is 9.59 Å². The molecule has 0 heterocycles. The average Bonchev–Trinajstić information content (AvgIpc) is 2.68. The van der Waals surface area contributed by atoms with Crippen LogP contribution < -0.4 is 34.7 Å². The molecule has 1 N–H and O–H groups in total. The van der Waals surface area contributed by atoms with Crippen molar-refractivity contribution in [3.8, 4) is 0 Å². The number of carbonyl (C=O) groups excluding carboxylic acids is 2. The number of hydrogen-bond donors (Lipinski definition) is 1. The minimum absolute atomic E-state index is 0. The molecule has 29 heavy (non-hydrogen) atoms. The summed E-state index contributed by atoms with van der Waals surface area (Å²) in [7, 11) is 0. The average molecular weight is 420 g/mol. The van der Waals surface area contributed by atoms with Gasteiger partial charge in [-0.1, -0.05) is 70.4 Å². The topological polar surface area (TPSA) is 80.7 Å². The van der Waals surface area contributed by atoms with Crippen molar-refractivity contribution in [2.75, 3.05) is 13.2 Å². The third kappa shape index (κ3) is 18.2. The number of aliphatic hydroxyl groups is 1. The van der Waals surface area contributed by atoms with Gasteiger partial charge in [0.15, 0.2) is 0 Å². The molecule has 0 aromatic carbocycles. The summed E-state index contributed by atoms with van der Waals surface area (Å²) in [4.78, 5) is 24.3. The molecule has 0 aromatic rings. The van der Waals surface area contributed by atoms with Crippen molar-refractivity contribution >= 4 is 11.9 Å². The molecule has 0 rings (SSSR count). The summed E-state index contributed by atoms with van der Waals surface area (Å²) in [6.07, 6.45) is 20.5. The van der Waals surface area contributed by atoms with Gasteiger partial charge in [-0.25, -0.2) is 0 Å². The predicted molar refractivity (Wildman–Crippen MR) is 113 cm³/mol. The maximum absolute atomic E-state index is 12.1. The monoisotopic (exact) mass is 419 g/mol. The summed E-state index contributed by atoms with van der Waals surface area (Å²) >= 11 is 0. The summed E-state index contributed by atoms with van der Waals surface area (Å²) in [5, 5.41) is 19.9. The number of aliphatic hydroxyl groups excluding tert-OH is 1. The largest absolute Gasteiger partial charge is 1.00 e. The number of rotatable bonds is 19. The Labute approximate surface area is 200 Å². The molecular weight excluding hydrogens is 377 g/mol. The number of carboxylic acids is 1. The molecule has 0 bridgehead atoms. The van der Waals surface area contributed by atoms with Gasteiger partial charge >= 0.3 is 29.6 Å². The molecule has 0 unspecified atom stereocenters. The van der Waals surface area contributed by atoms with E-state index in [1.54, 1.807) is 0 Å². The van der Waals surface area contributed by atoms with Crippen molar-refractivity contribution in [3.63, 3.8) is 0 Å². The first-order chi connectivity index (χ1) is 13.5. The fraction of sp³-hybridized carbons (Fsp3) is 0.826. The Bertz CT molecular complexity index is 429. The maximum Gasteiger partial charge on any atom is 1.00 e. The number of carbonyl (C=O) groups is 2. The first kappa shape index (κ1) is 30.8. The van der Waals surface area contributed by atoms with Crippen LogP contribution in [0.5, 0.6) is 0 Å². The van der Waals surface area contributed by atoms with Crippen molar-refractivity contribution in [2.24, 2.45) is 0 Å². The van der Waals surface area contributed by atoms with Crippen molar-refractivity contribution in [2.45, 2.75) is 110 Å². The van der Waals surface area contributed by atoms with E-state index >= 15 is 0 Å². The van der Waals surface area contributed by atoms with Gasteiger partial charge in [-0.3, -0.25) is 4.79 Å². The molecule has 1 atom stereocenters. The van der Waals surface area contributed by atoms with Crippen LogP contribution in [0.4, 0.5) is 0 Å². The molecule has 5 nitrogen and oxygen atoms in total. The molecule has 0 radical (unpaired) electrons. The third-order valence-corrected chi connectivity index (χ3v) is 5.12. The van der Waals surface area contributed by atoms with Crippen LogP contribution in [0, 0.1) is 0 Å². The minimum Gasteiger partial charge on any atom is -0.548 e. The molecule has 0 saturated heterocycles. The number of unbranched alkanes of at least 4 members (excludes halogenated alkanes) is 11. The van der Waals surface area contributed by atoms with Gasteiger partial charge in [0.25, 0.3) is 0 Å². The van der Waals surface area contributed by atoms with Gasteiger partial charge in [0.2, 0.25) is 5.91 Å². The summed E-state index contributed by atoms with van der Waals surface area (Å²) in [5.41, 5.74) is 0.